The molecule has 1 saturated carbocycles. The predicted molar refractivity (Wildman–Crippen MR) is 95.0 cm³/mol. The third-order valence-electron chi connectivity index (χ3n) is 5.10. The second kappa shape index (κ2) is 7.06. The Kier molecular flexibility index (Phi) is 4.99. The maximum atomic E-state index is 12.9. The van der Waals surface area contributed by atoms with E-state index in [1.165, 1.54) is 12.0 Å². The van der Waals surface area contributed by atoms with Crippen LogP contribution in [0.25, 0.3) is 0 Å². The van der Waals surface area contributed by atoms with Crippen molar-refractivity contribution < 1.29 is 23.9 Å². The van der Waals surface area contributed by atoms with E-state index in [1.807, 2.05) is 0 Å². The van der Waals surface area contributed by atoms with Gasteiger partial charge in [-0.1, -0.05) is 19.3 Å². The van der Waals surface area contributed by atoms with Gasteiger partial charge in [0.25, 0.3) is 5.91 Å². The molecule has 1 aromatic heterocycles. The highest BCUT2D eigenvalue weighted by Gasteiger charge is 2.55. The number of hydrogen-bond acceptors (Lipinski definition) is 6. The van der Waals surface area contributed by atoms with E-state index in [-0.39, 0.29) is 17.3 Å². The molecule has 1 aliphatic heterocycles. The van der Waals surface area contributed by atoms with Gasteiger partial charge in [0.05, 0.1) is 12.8 Å². The number of ether oxygens (including phenoxy) is 1. The summed E-state index contributed by atoms with van der Waals surface area (Å²) in [5.74, 6) is -1.39. The predicted octanol–water partition coefficient (Wildman–Crippen LogP) is 2.07. The first kappa shape index (κ1) is 18.4. The van der Waals surface area contributed by atoms with E-state index in [1.54, 1.807) is 18.5 Å². The first-order chi connectivity index (χ1) is 12.4. The number of rotatable bonds is 4. The number of hydrogen-bond donors (Lipinski definition) is 1. The number of likely N-dealkylation sites (N-methyl/N-ethyl adjacent to an activating group) is 1. The van der Waals surface area contributed by atoms with Crippen LogP contribution in [0.5, 0.6) is 0 Å². The molecule has 0 bridgehead atoms. The van der Waals surface area contributed by atoms with Crippen molar-refractivity contribution in [1.29, 1.82) is 0 Å². The minimum absolute atomic E-state index is 0.265. The molecule has 9 heteroatoms. The van der Waals surface area contributed by atoms with Gasteiger partial charge in [0.2, 0.25) is 5.91 Å². The number of carbonyl (C=O) groups is 4. The first-order valence-electron chi connectivity index (χ1n) is 8.46. The second-order valence-electron chi connectivity index (χ2n) is 6.53. The average Bonchev–Trinajstić information content (AvgIpc) is 3.17. The largest absolute Gasteiger partial charge is 0.465 e. The number of nitrogens with one attached hydrogen (secondary N) is 1. The maximum absolute atomic E-state index is 12.9. The summed E-state index contributed by atoms with van der Waals surface area (Å²) in [4.78, 5) is 52.2. The molecule has 26 heavy (non-hydrogen) atoms. The molecular formula is C17H21N3O5S. The van der Waals surface area contributed by atoms with Gasteiger partial charge in [0.1, 0.15) is 17.0 Å². The summed E-state index contributed by atoms with van der Waals surface area (Å²) in [7, 11) is 2.88. The summed E-state index contributed by atoms with van der Waals surface area (Å²) in [5, 5.41) is 4.24. The van der Waals surface area contributed by atoms with E-state index < -0.39 is 23.4 Å². The topological polar surface area (TPSA) is 96.0 Å². The summed E-state index contributed by atoms with van der Waals surface area (Å²) in [6.07, 6.45) is 4.08. The van der Waals surface area contributed by atoms with E-state index >= 15 is 0 Å². The summed E-state index contributed by atoms with van der Waals surface area (Å²) in [6.45, 7) is -0.375. The second-order valence-corrected chi connectivity index (χ2v) is 7.44. The molecule has 4 amide bonds. The fourth-order valence-electron chi connectivity index (χ4n) is 3.66. The summed E-state index contributed by atoms with van der Waals surface area (Å²) in [6, 6.07) is 1.13. The Bertz CT molecular complexity index is 753. The summed E-state index contributed by atoms with van der Waals surface area (Å²) in [5.41, 5.74) is -0.499. The van der Waals surface area contributed by atoms with Crippen LogP contribution in [0.4, 0.5) is 10.5 Å². The zero-order chi connectivity index (χ0) is 18.9. The van der Waals surface area contributed by atoms with Gasteiger partial charge in [-0.05, 0) is 24.3 Å². The van der Waals surface area contributed by atoms with Gasteiger partial charge >= 0.3 is 12.0 Å². The number of methoxy groups -OCH3 is 1. The molecule has 1 aliphatic carbocycles. The Labute approximate surface area is 155 Å². The first-order valence-corrected chi connectivity index (χ1v) is 9.34. The molecule has 1 saturated heterocycles. The molecule has 8 nitrogen and oxygen atoms in total. The van der Waals surface area contributed by atoms with Gasteiger partial charge in [0, 0.05) is 7.05 Å². The third-order valence-corrected chi connectivity index (χ3v) is 5.99. The lowest BCUT2D eigenvalue weighted by Crippen LogP contribution is -2.49. The van der Waals surface area contributed by atoms with Crippen LogP contribution in [0, 0.1) is 0 Å². The van der Waals surface area contributed by atoms with Crippen molar-refractivity contribution in [2.24, 2.45) is 0 Å². The van der Waals surface area contributed by atoms with Gasteiger partial charge in [-0.3, -0.25) is 14.5 Å². The highest BCUT2D eigenvalue weighted by atomic mass is 32.1. The van der Waals surface area contributed by atoms with Gasteiger partial charge in [-0.2, -0.15) is 0 Å². The Morgan fingerprint density at radius 2 is 1.96 bits per heavy atom. The Balaban J connectivity index is 1.72. The molecule has 1 N–H and O–H groups in total. The van der Waals surface area contributed by atoms with Gasteiger partial charge in [0.15, 0.2) is 0 Å². The fourth-order valence-corrected chi connectivity index (χ4v) is 4.43. The van der Waals surface area contributed by atoms with Crippen LogP contribution < -0.4 is 5.32 Å². The number of esters is 1. The normalized spacial score (nSPS) is 19.2. The van der Waals surface area contributed by atoms with Crippen molar-refractivity contribution in [3.05, 3.63) is 16.3 Å². The monoisotopic (exact) mass is 379 g/mol. The lowest BCUT2D eigenvalue weighted by atomic mass is 9.81. The molecule has 1 aromatic rings. The minimum Gasteiger partial charge on any atom is -0.465 e. The SMILES string of the molecule is COC(=O)c1sccc1NC(=O)CN1C(=O)N(C)C2(CCCCC2)C1=O. The highest BCUT2D eigenvalue weighted by molar-refractivity contribution is 7.12. The van der Waals surface area contributed by atoms with Crippen molar-refractivity contribution in [3.8, 4) is 0 Å². The lowest BCUT2D eigenvalue weighted by Gasteiger charge is -2.35. The van der Waals surface area contributed by atoms with Crippen molar-refractivity contribution in [2.75, 3.05) is 26.0 Å². The van der Waals surface area contributed by atoms with Gasteiger partial charge in [-0.25, -0.2) is 9.59 Å². The van der Waals surface area contributed by atoms with E-state index in [9.17, 15) is 19.2 Å². The summed E-state index contributed by atoms with van der Waals surface area (Å²) >= 11 is 1.14. The third kappa shape index (κ3) is 2.96. The lowest BCUT2D eigenvalue weighted by molar-refractivity contribution is -0.136. The molecule has 2 heterocycles. The van der Waals surface area contributed by atoms with E-state index in [4.69, 9.17) is 0 Å². The molecule has 2 aliphatic rings. The number of thiophene rings is 1. The van der Waals surface area contributed by atoms with Crippen LogP contribution in [0.1, 0.15) is 41.8 Å². The summed E-state index contributed by atoms with van der Waals surface area (Å²) < 4.78 is 4.67. The van der Waals surface area contributed by atoms with Crippen LogP contribution in [-0.2, 0) is 14.3 Å². The molecule has 0 atom stereocenters. The van der Waals surface area contributed by atoms with E-state index in [0.29, 0.717) is 18.5 Å². The van der Waals surface area contributed by atoms with Crippen molar-refractivity contribution in [1.82, 2.24) is 9.80 Å². The zero-order valence-corrected chi connectivity index (χ0v) is 15.6. The van der Waals surface area contributed by atoms with Crippen LogP contribution in [-0.4, -0.2) is 59.9 Å². The number of imide groups is 1. The molecule has 3 rings (SSSR count). The smallest absolute Gasteiger partial charge is 0.350 e. The molecule has 0 unspecified atom stereocenters. The molecular weight excluding hydrogens is 358 g/mol. The molecule has 2 fully saturated rings. The van der Waals surface area contributed by atoms with Gasteiger partial charge < -0.3 is 15.0 Å². The van der Waals surface area contributed by atoms with Crippen LogP contribution in [0.15, 0.2) is 11.4 Å². The minimum atomic E-state index is -0.810. The maximum Gasteiger partial charge on any atom is 0.350 e. The zero-order valence-electron chi connectivity index (χ0n) is 14.7. The van der Waals surface area contributed by atoms with E-state index in [2.05, 4.69) is 10.1 Å². The van der Waals surface area contributed by atoms with Crippen molar-refractivity contribution in [2.45, 2.75) is 37.6 Å². The fraction of sp³-hybridized carbons (Fsp3) is 0.529. The van der Waals surface area contributed by atoms with Crippen LogP contribution in [0.3, 0.4) is 0 Å². The number of urea groups is 1. The van der Waals surface area contributed by atoms with Gasteiger partial charge in [-0.15, -0.1) is 11.3 Å². The molecule has 1 spiro atoms. The Morgan fingerprint density at radius 1 is 1.27 bits per heavy atom. The number of anilines is 1. The highest BCUT2D eigenvalue weighted by Crippen LogP contribution is 2.39. The Morgan fingerprint density at radius 3 is 2.62 bits per heavy atom. The molecule has 140 valence electrons. The molecule has 0 aromatic carbocycles. The average molecular weight is 379 g/mol. The van der Waals surface area contributed by atoms with Crippen LogP contribution >= 0.6 is 11.3 Å². The quantitative estimate of drug-likeness (QED) is 0.638. The Hall–Kier alpha value is -2.42. The standard InChI is InChI=1S/C17H21N3O5S/c1-19-16(24)20(15(23)17(19)7-4-3-5-8-17)10-12(21)18-11-6-9-26-13(11)14(22)25-2/h6,9H,3-5,7-8,10H2,1-2H3,(H,18,21). The van der Waals surface area contributed by atoms with E-state index in [0.717, 1.165) is 35.5 Å². The number of amides is 4. The van der Waals surface area contributed by atoms with Crippen LogP contribution in [0.2, 0.25) is 0 Å². The number of carbonyl (C=O) groups excluding carboxylic acids is 4. The van der Waals surface area contributed by atoms with Crippen molar-refractivity contribution >= 4 is 40.8 Å². The number of nitrogens with zero attached hydrogens (tertiary/aromatic N) is 2. The van der Waals surface area contributed by atoms with Crippen molar-refractivity contribution in [3.63, 3.8) is 0 Å². The molecule has 0 radical (unpaired) electrons.